The Hall–Kier alpha value is -2.51. The molecule has 1 amide bonds. The van der Waals surface area contributed by atoms with E-state index in [-0.39, 0.29) is 11.7 Å². The molecule has 134 valence electrons. The Morgan fingerprint density at radius 1 is 1.12 bits per heavy atom. The van der Waals surface area contributed by atoms with Crippen molar-refractivity contribution in [2.75, 3.05) is 18.9 Å². The second kappa shape index (κ2) is 9.26. The van der Waals surface area contributed by atoms with Crippen molar-refractivity contribution < 1.29 is 13.9 Å². The van der Waals surface area contributed by atoms with Crippen LogP contribution in [0.3, 0.4) is 0 Å². The lowest BCUT2D eigenvalue weighted by molar-refractivity contribution is -0.118. The Labute approximate surface area is 159 Å². The quantitative estimate of drug-likeness (QED) is 0.467. The zero-order valence-corrected chi connectivity index (χ0v) is 15.3. The number of halogens is 1. The summed E-state index contributed by atoms with van der Waals surface area (Å²) in [5.74, 6) is 1.20. The number of hydrogen-bond acceptors (Lipinski definition) is 6. The maximum atomic E-state index is 11.9. The van der Waals surface area contributed by atoms with Crippen molar-refractivity contribution in [3.05, 3.63) is 59.6 Å². The number of benzene rings is 2. The predicted octanol–water partition coefficient (Wildman–Crippen LogP) is 3.68. The van der Waals surface area contributed by atoms with Gasteiger partial charge in [0.25, 0.3) is 5.22 Å². The summed E-state index contributed by atoms with van der Waals surface area (Å²) in [6, 6.07) is 16.5. The average molecular weight is 390 g/mol. The third-order valence-corrected chi connectivity index (χ3v) is 4.33. The van der Waals surface area contributed by atoms with Gasteiger partial charge in [-0.25, -0.2) is 0 Å². The summed E-state index contributed by atoms with van der Waals surface area (Å²) in [6.45, 7) is 0.776. The number of amides is 1. The van der Waals surface area contributed by atoms with Crippen molar-refractivity contribution in [3.8, 4) is 17.2 Å². The van der Waals surface area contributed by atoms with E-state index < -0.39 is 0 Å². The molecular weight excluding hydrogens is 374 g/mol. The summed E-state index contributed by atoms with van der Waals surface area (Å²) in [7, 11) is 0. The smallest absolute Gasteiger partial charge is 0.277 e. The van der Waals surface area contributed by atoms with Gasteiger partial charge in [0.2, 0.25) is 11.8 Å². The van der Waals surface area contributed by atoms with Crippen LogP contribution in [0, 0.1) is 0 Å². The molecule has 0 bridgehead atoms. The minimum Gasteiger partial charge on any atom is -0.492 e. The maximum absolute atomic E-state index is 11.9. The first kappa shape index (κ1) is 18.3. The molecule has 8 heteroatoms. The van der Waals surface area contributed by atoms with Crippen LogP contribution >= 0.6 is 23.4 Å². The minimum absolute atomic E-state index is 0.130. The van der Waals surface area contributed by atoms with E-state index in [1.165, 1.54) is 11.8 Å². The van der Waals surface area contributed by atoms with Gasteiger partial charge in [-0.15, -0.1) is 10.2 Å². The van der Waals surface area contributed by atoms with Crippen LogP contribution < -0.4 is 10.1 Å². The van der Waals surface area contributed by atoms with Crippen LogP contribution in [-0.2, 0) is 4.79 Å². The molecule has 0 fully saturated rings. The fourth-order valence-corrected chi connectivity index (χ4v) is 2.75. The number of carbonyl (C=O) groups excluding carboxylic acids is 1. The minimum atomic E-state index is -0.130. The number of aromatic nitrogens is 2. The van der Waals surface area contributed by atoms with E-state index in [4.69, 9.17) is 20.8 Å². The van der Waals surface area contributed by atoms with Crippen LogP contribution in [0.1, 0.15) is 0 Å². The second-order valence-electron chi connectivity index (χ2n) is 5.18. The van der Waals surface area contributed by atoms with E-state index in [0.29, 0.717) is 35.0 Å². The largest absolute Gasteiger partial charge is 0.492 e. The Bertz CT molecular complexity index is 840. The highest BCUT2D eigenvalue weighted by Crippen LogP contribution is 2.22. The van der Waals surface area contributed by atoms with Crippen molar-refractivity contribution in [1.82, 2.24) is 15.5 Å². The first-order valence-corrected chi connectivity index (χ1v) is 9.24. The highest BCUT2D eigenvalue weighted by atomic mass is 35.5. The van der Waals surface area contributed by atoms with Gasteiger partial charge in [0.1, 0.15) is 12.4 Å². The number of hydrogen-bond donors (Lipinski definition) is 1. The summed E-state index contributed by atoms with van der Waals surface area (Å²) in [5.41, 5.74) is 0.843. The maximum Gasteiger partial charge on any atom is 0.277 e. The lowest BCUT2D eigenvalue weighted by Crippen LogP contribution is -2.29. The van der Waals surface area contributed by atoms with Crippen LogP contribution in [0.5, 0.6) is 5.75 Å². The molecule has 26 heavy (non-hydrogen) atoms. The number of thioether (sulfide) groups is 1. The predicted molar refractivity (Wildman–Crippen MR) is 100 cm³/mol. The molecule has 1 aromatic heterocycles. The van der Waals surface area contributed by atoms with E-state index in [1.54, 1.807) is 24.3 Å². The average Bonchev–Trinajstić information content (AvgIpc) is 3.15. The molecule has 0 atom stereocenters. The third kappa shape index (κ3) is 5.50. The van der Waals surface area contributed by atoms with Crippen LogP contribution in [0.15, 0.2) is 64.2 Å². The topological polar surface area (TPSA) is 77.2 Å². The number of ether oxygens (including phenoxy) is 1. The molecule has 0 unspecified atom stereocenters. The Kier molecular flexibility index (Phi) is 6.51. The summed E-state index contributed by atoms with van der Waals surface area (Å²) in [5, 5.41) is 11.7. The van der Waals surface area contributed by atoms with E-state index in [9.17, 15) is 4.79 Å². The Balaban J connectivity index is 1.36. The first-order chi connectivity index (χ1) is 12.7. The van der Waals surface area contributed by atoms with Crippen molar-refractivity contribution in [2.45, 2.75) is 5.22 Å². The van der Waals surface area contributed by atoms with Gasteiger partial charge in [0, 0.05) is 10.6 Å². The van der Waals surface area contributed by atoms with Gasteiger partial charge < -0.3 is 14.5 Å². The number of nitrogens with zero attached hydrogens (tertiary/aromatic N) is 2. The fraction of sp³-hybridized carbons (Fsp3) is 0.167. The van der Waals surface area contributed by atoms with Crippen molar-refractivity contribution in [3.63, 3.8) is 0 Å². The highest BCUT2D eigenvalue weighted by Gasteiger charge is 2.10. The molecule has 0 aliphatic rings. The molecule has 6 nitrogen and oxygen atoms in total. The molecule has 2 aromatic carbocycles. The normalized spacial score (nSPS) is 10.5. The van der Waals surface area contributed by atoms with Gasteiger partial charge in [0.15, 0.2) is 0 Å². The van der Waals surface area contributed by atoms with Gasteiger partial charge in [-0.1, -0.05) is 41.6 Å². The first-order valence-electron chi connectivity index (χ1n) is 7.87. The van der Waals surface area contributed by atoms with E-state index in [2.05, 4.69) is 15.5 Å². The van der Waals surface area contributed by atoms with E-state index in [0.717, 1.165) is 5.56 Å². The van der Waals surface area contributed by atoms with Crippen LogP contribution in [0.25, 0.3) is 11.5 Å². The van der Waals surface area contributed by atoms with Crippen LogP contribution in [0.2, 0.25) is 5.02 Å². The summed E-state index contributed by atoms with van der Waals surface area (Å²) >= 11 is 7.00. The Morgan fingerprint density at radius 2 is 1.88 bits per heavy atom. The molecule has 0 saturated heterocycles. The second-order valence-corrected chi connectivity index (χ2v) is 6.54. The third-order valence-electron chi connectivity index (χ3n) is 3.26. The van der Waals surface area contributed by atoms with Crippen LogP contribution in [0.4, 0.5) is 0 Å². The summed E-state index contributed by atoms with van der Waals surface area (Å²) in [4.78, 5) is 11.9. The van der Waals surface area contributed by atoms with Gasteiger partial charge >= 0.3 is 0 Å². The van der Waals surface area contributed by atoms with E-state index >= 15 is 0 Å². The molecule has 0 aliphatic carbocycles. The zero-order valence-electron chi connectivity index (χ0n) is 13.7. The standard InChI is InChI=1S/C18H16ClN3O3S/c19-14-6-8-15(9-7-14)24-11-10-20-16(23)12-26-18-22-21-17(25-18)13-4-2-1-3-5-13/h1-9H,10-12H2,(H,20,23). The number of nitrogens with one attached hydrogen (secondary N) is 1. The van der Waals surface area contributed by atoms with Crippen molar-refractivity contribution >= 4 is 29.3 Å². The highest BCUT2D eigenvalue weighted by molar-refractivity contribution is 7.99. The summed E-state index contributed by atoms with van der Waals surface area (Å²) < 4.78 is 11.0. The number of carbonyl (C=O) groups is 1. The SMILES string of the molecule is O=C(CSc1nnc(-c2ccccc2)o1)NCCOc1ccc(Cl)cc1. The lowest BCUT2D eigenvalue weighted by Gasteiger charge is -2.07. The van der Waals surface area contributed by atoms with Gasteiger partial charge in [0.05, 0.1) is 12.3 Å². The molecule has 0 saturated carbocycles. The molecule has 3 aromatic rings. The van der Waals surface area contributed by atoms with Gasteiger partial charge in [-0.2, -0.15) is 0 Å². The Morgan fingerprint density at radius 3 is 2.65 bits per heavy atom. The molecule has 1 N–H and O–H groups in total. The monoisotopic (exact) mass is 389 g/mol. The van der Waals surface area contributed by atoms with Crippen molar-refractivity contribution in [2.24, 2.45) is 0 Å². The van der Waals surface area contributed by atoms with E-state index in [1.807, 2.05) is 30.3 Å². The molecular formula is C18H16ClN3O3S. The fourth-order valence-electron chi connectivity index (χ4n) is 2.03. The number of rotatable bonds is 8. The zero-order chi connectivity index (χ0) is 18.2. The van der Waals surface area contributed by atoms with Gasteiger partial charge in [-0.3, -0.25) is 4.79 Å². The molecule has 0 aliphatic heterocycles. The molecule has 3 rings (SSSR count). The lowest BCUT2D eigenvalue weighted by atomic mass is 10.2. The van der Waals surface area contributed by atoms with Gasteiger partial charge in [-0.05, 0) is 36.4 Å². The summed E-state index contributed by atoms with van der Waals surface area (Å²) in [6.07, 6.45) is 0. The van der Waals surface area contributed by atoms with Crippen LogP contribution in [-0.4, -0.2) is 35.0 Å². The molecule has 0 radical (unpaired) electrons. The van der Waals surface area contributed by atoms with Crippen molar-refractivity contribution in [1.29, 1.82) is 0 Å². The molecule has 0 spiro atoms. The molecule has 1 heterocycles.